The molecule has 1 aliphatic heterocycles. The number of hydrogen-bond acceptors (Lipinski definition) is 4. The Labute approximate surface area is 195 Å². The van der Waals surface area contributed by atoms with Gasteiger partial charge in [0, 0.05) is 54.3 Å². The fraction of sp³-hybridized carbons (Fsp3) is 0.379. The summed E-state index contributed by atoms with van der Waals surface area (Å²) < 4.78 is 0. The zero-order valence-electron chi connectivity index (χ0n) is 19.2. The van der Waals surface area contributed by atoms with Gasteiger partial charge in [-0.2, -0.15) is 5.26 Å². The lowest BCUT2D eigenvalue weighted by Crippen LogP contribution is -2.47. The second-order valence-corrected chi connectivity index (χ2v) is 10.3. The Morgan fingerprint density at radius 2 is 1.82 bits per heavy atom. The van der Waals surface area contributed by atoms with Gasteiger partial charge in [0.25, 0.3) is 0 Å². The third-order valence-corrected chi connectivity index (χ3v) is 8.08. The lowest BCUT2D eigenvalue weighted by Gasteiger charge is -2.39. The van der Waals surface area contributed by atoms with Crippen LogP contribution in [0.4, 0.5) is 5.69 Å². The van der Waals surface area contributed by atoms with E-state index in [1.54, 1.807) is 0 Å². The number of nitrogens with zero attached hydrogens (tertiary/aromatic N) is 3. The third-order valence-electron chi connectivity index (χ3n) is 8.08. The number of ketones is 1. The van der Waals surface area contributed by atoms with Gasteiger partial charge >= 0.3 is 0 Å². The maximum atomic E-state index is 13.8. The first-order chi connectivity index (χ1) is 15.9. The van der Waals surface area contributed by atoms with Crippen molar-refractivity contribution in [3.8, 4) is 18.4 Å². The first kappa shape index (κ1) is 20.3. The van der Waals surface area contributed by atoms with Gasteiger partial charge in [-0.3, -0.25) is 9.69 Å². The molecule has 0 radical (unpaired) electrons. The number of nitriles is 1. The van der Waals surface area contributed by atoms with Crippen LogP contribution in [0.25, 0.3) is 5.57 Å². The van der Waals surface area contributed by atoms with E-state index in [2.05, 4.69) is 41.7 Å². The van der Waals surface area contributed by atoms with E-state index >= 15 is 0 Å². The minimum atomic E-state index is -0.290. The van der Waals surface area contributed by atoms with E-state index < -0.39 is 0 Å². The highest BCUT2D eigenvalue weighted by Crippen LogP contribution is 2.51. The normalized spacial score (nSPS) is 21.2. The molecule has 0 spiro atoms. The molecule has 0 N–H and O–H groups in total. The maximum Gasteiger partial charge on any atom is 0.193 e. The monoisotopic (exact) mass is 433 g/mol. The van der Waals surface area contributed by atoms with Crippen molar-refractivity contribution < 1.29 is 4.79 Å². The molecular weight excluding hydrogens is 406 g/mol. The number of fused-ring (bicyclic) bond motifs is 3. The summed E-state index contributed by atoms with van der Waals surface area (Å²) in [6.07, 6.45) is 9.34. The Morgan fingerprint density at radius 1 is 1.06 bits per heavy atom. The molecule has 164 valence electrons. The number of allylic oxidation sites excluding steroid dienone is 2. The van der Waals surface area contributed by atoms with Gasteiger partial charge in [-0.25, -0.2) is 0 Å². The van der Waals surface area contributed by atoms with Crippen LogP contribution in [-0.4, -0.2) is 42.9 Å². The molecule has 0 bridgehead atoms. The fourth-order valence-corrected chi connectivity index (χ4v) is 6.02. The molecule has 2 aromatic rings. The molecule has 0 aromatic heterocycles. The topological polar surface area (TPSA) is 47.3 Å². The van der Waals surface area contributed by atoms with Gasteiger partial charge in [-0.1, -0.05) is 25.8 Å². The summed E-state index contributed by atoms with van der Waals surface area (Å²) >= 11 is 0. The van der Waals surface area contributed by atoms with Crippen LogP contribution in [0.2, 0.25) is 0 Å². The number of carbonyl (C=O) groups is 1. The van der Waals surface area contributed by atoms with Gasteiger partial charge < -0.3 is 4.90 Å². The van der Waals surface area contributed by atoms with Crippen molar-refractivity contribution in [2.45, 2.75) is 44.6 Å². The van der Waals surface area contributed by atoms with Gasteiger partial charge in [0.1, 0.15) is 0 Å². The van der Waals surface area contributed by atoms with Gasteiger partial charge in [0.15, 0.2) is 5.78 Å². The second-order valence-electron chi connectivity index (χ2n) is 10.3. The molecule has 1 saturated carbocycles. The summed E-state index contributed by atoms with van der Waals surface area (Å²) in [6.45, 7) is 8.51. The van der Waals surface area contributed by atoms with Gasteiger partial charge in [-0.05, 0) is 65.8 Å². The Bertz CT molecular complexity index is 1320. The second kappa shape index (κ2) is 7.08. The molecule has 0 unspecified atom stereocenters. The summed E-state index contributed by atoms with van der Waals surface area (Å²) in [5.41, 5.74) is 8.03. The van der Waals surface area contributed by atoms with E-state index in [9.17, 15) is 10.1 Å². The van der Waals surface area contributed by atoms with Crippen LogP contribution in [0, 0.1) is 23.7 Å². The van der Waals surface area contributed by atoms with E-state index in [1.807, 2.05) is 24.3 Å². The first-order valence-electron chi connectivity index (χ1n) is 11.9. The van der Waals surface area contributed by atoms with E-state index in [0.29, 0.717) is 12.0 Å². The number of anilines is 1. The zero-order valence-corrected chi connectivity index (χ0v) is 19.2. The van der Waals surface area contributed by atoms with Crippen LogP contribution in [0.15, 0.2) is 35.9 Å². The van der Waals surface area contributed by atoms with Gasteiger partial charge in [0.05, 0.1) is 17.3 Å². The summed E-state index contributed by atoms with van der Waals surface area (Å²) in [7, 11) is 0. The largest absolute Gasteiger partial charge is 0.368 e. The van der Waals surface area contributed by atoms with Crippen LogP contribution >= 0.6 is 0 Å². The van der Waals surface area contributed by atoms with Crippen molar-refractivity contribution in [2.75, 3.05) is 31.1 Å². The minimum Gasteiger partial charge on any atom is -0.368 e. The van der Waals surface area contributed by atoms with Crippen LogP contribution in [-0.2, 0) is 11.8 Å². The van der Waals surface area contributed by atoms with E-state index in [1.165, 1.54) is 12.8 Å². The lowest BCUT2D eigenvalue weighted by atomic mass is 9.68. The number of Topliss-reactive ketones (excluding diaryl/α,β-unsaturated/α-hetero) is 1. The number of benzene rings is 2. The van der Waals surface area contributed by atoms with Crippen molar-refractivity contribution in [3.05, 3.63) is 69.3 Å². The minimum absolute atomic E-state index is 0.0596. The molecule has 3 aliphatic carbocycles. The molecule has 0 amide bonds. The molecule has 1 saturated heterocycles. The number of terminal acetylenes is 1. The smallest absolute Gasteiger partial charge is 0.193 e. The van der Waals surface area contributed by atoms with E-state index in [4.69, 9.17) is 6.42 Å². The highest BCUT2D eigenvalue weighted by Gasteiger charge is 2.43. The van der Waals surface area contributed by atoms with Gasteiger partial charge in [0.2, 0.25) is 0 Å². The maximum absolute atomic E-state index is 13.8. The fourth-order valence-electron chi connectivity index (χ4n) is 6.02. The van der Waals surface area contributed by atoms with Crippen LogP contribution in [0.5, 0.6) is 0 Å². The molecule has 2 aromatic carbocycles. The van der Waals surface area contributed by atoms with Crippen molar-refractivity contribution in [2.24, 2.45) is 0 Å². The Hall–Kier alpha value is -3.34. The standard InChI is InChI=1S/C29H27N3O/c1-4-19-14-23-24(16-26(19)32-11-9-31(10-12-32)21-6-7-21)29(2,3)25-15-20-13-18(17-30)5-8-22(20)27(25)28(23)33/h1,5,8,13-14,16,21H,6-7,9-12,15H2,2-3H3. The quantitative estimate of drug-likeness (QED) is 0.663. The summed E-state index contributed by atoms with van der Waals surface area (Å²) in [5, 5.41) is 9.33. The predicted octanol–water partition coefficient (Wildman–Crippen LogP) is 4.31. The van der Waals surface area contributed by atoms with Crippen LogP contribution in [0.3, 0.4) is 0 Å². The molecule has 4 aliphatic rings. The molecule has 2 fully saturated rings. The summed E-state index contributed by atoms with van der Waals surface area (Å²) in [4.78, 5) is 18.8. The predicted molar refractivity (Wildman–Crippen MR) is 130 cm³/mol. The van der Waals surface area contributed by atoms with Crippen LogP contribution in [0.1, 0.15) is 64.9 Å². The third kappa shape index (κ3) is 2.98. The van der Waals surface area contributed by atoms with Crippen molar-refractivity contribution in [1.82, 2.24) is 4.90 Å². The number of hydrogen-bond donors (Lipinski definition) is 0. The zero-order chi connectivity index (χ0) is 22.9. The average molecular weight is 434 g/mol. The Kier molecular flexibility index (Phi) is 4.35. The molecule has 4 heteroatoms. The summed E-state index contributed by atoms with van der Waals surface area (Å²) in [5.74, 6) is 2.93. The van der Waals surface area contributed by atoms with Crippen molar-refractivity contribution in [3.63, 3.8) is 0 Å². The molecular formula is C29H27N3O. The van der Waals surface area contributed by atoms with E-state index in [-0.39, 0.29) is 11.2 Å². The molecule has 6 rings (SSSR count). The SMILES string of the molecule is C#Cc1cc2c(cc1N1CCN(C3CC3)CC1)C(C)(C)C1=C(C2=O)c2ccc(C#N)cc2C1. The average Bonchev–Trinajstić information content (AvgIpc) is 3.61. The molecule has 4 nitrogen and oxygen atoms in total. The molecule has 0 atom stereocenters. The highest BCUT2D eigenvalue weighted by molar-refractivity contribution is 6.33. The molecule has 1 heterocycles. The first-order valence-corrected chi connectivity index (χ1v) is 11.9. The van der Waals surface area contributed by atoms with Crippen molar-refractivity contribution >= 4 is 17.0 Å². The van der Waals surface area contributed by atoms with Gasteiger partial charge in [-0.15, -0.1) is 6.42 Å². The number of rotatable bonds is 2. The van der Waals surface area contributed by atoms with Crippen molar-refractivity contribution in [1.29, 1.82) is 5.26 Å². The Balaban J connectivity index is 1.42. The number of piperazine rings is 1. The number of carbonyl (C=O) groups excluding carboxylic acids is 1. The Morgan fingerprint density at radius 3 is 2.48 bits per heavy atom. The van der Waals surface area contributed by atoms with Crippen LogP contribution < -0.4 is 4.90 Å². The van der Waals surface area contributed by atoms with E-state index in [0.717, 1.165) is 76.9 Å². The lowest BCUT2D eigenvalue weighted by molar-refractivity contribution is 0.105. The highest BCUT2D eigenvalue weighted by atomic mass is 16.1. The summed E-state index contributed by atoms with van der Waals surface area (Å²) in [6, 6.07) is 12.8. The molecule has 33 heavy (non-hydrogen) atoms.